The van der Waals surface area contributed by atoms with Crippen LogP contribution in [0.15, 0.2) is 18.2 Å². The molecule has 116 valence electrons. The number of carbonyl (C=O) groups is 2. The van der Waals surface area contributed by atoms with Gasteiger partial charge >= 0.3 is 18.2 Å². The number of anilines is 1. The third kappa shape index (κ3) is 5.33. The Labute approximate surface area is 119 Å². The second-order valence-electron chi connectivity index (χ2n) is 4.56. The second-order valence-corrected chi connectivity index (χ2v) is 4.56. The van der Waals surface area contributed by atoms with Crippen LogP contribution in [0.4, 0.5) is 23.7 Å². The topological polar surface area (TPSA) is 69.6 Å². The Bertz CT molecular complexity index is 524. The van der Waals surface area contributed by atoms with Crippen LogP contribution >= 0.6 is 0 Å². The molecule has 5 nitrogen and oxygen atoms in total. The molecule has 0 fully saturated rings. The van der Waals surface area contributed by atoms with Gasteiger partial charge in [0.2, 0.25) is 0 Å². The van der Waals surface area contributed by atoms with Crippen molar-refractivity contribution in [1.82, 2.24) is 4.90 Å². The monoisotopic (exact) mass is 304 g/mol. The first-order valence-corrected chi connectivity index (χ1v) is 6.01. The van der Waals surface area contributed by atoms with Gasteiger partial charge < -0.3 is 15.3 Å². The van der Waals surface area contributed by atoms with Crippen LogP contribution in [0.5, 0.6) is 0 Å². The van der Waals surface area contributed by atoms with E-state index in [1.54, 1.807) is 32.0 Å². The second kappa shape index (κ2) is 6.47. The van der Waals surface area contributed by atoms with Gasteiger partial charge in [-0.3, -0.25) is 4.79 Å². The van der Waals surface area contributed by atoms with Gasteiger partial charge in [0.1, 0.15) is 13.1 Å². The molecule has 0 aliphatic heterocycles. The predicted octanol–water partition coefficient (Wildman–Crippen LogP) is 2.78. The zero-order valence-corrected chi connectivity index (χ0v) is 11.5. The number of nitrogens with one attached hydrogen (secondary N) is 1. The smallest absolute Gasteiger partial charge is 0.406 e. The highest BCUT2D eigenvalue weighted by molar-refractivity contribution is 5.92. The number of rotatable bonds is 4. The van der Waals surface area contributed by atoms with Crippen LogP contribution in [0, 0.1) is 13.8 Å². The van der Waals surface area contributed by atoms with Gasteiger partial charge in [-0.15, -0.1) is 0 Å². The summed E-state index contributed by atoms with van der Waals surface area (Å²) in [4.78, 5) is 22.7. The van der Waals surface area contributed by atoms with Crippen molar-refractivity contribution >= 4 is 17.7 Å². The molecule has 0 aliphatic rings. The fourth-order valence-corrected chi connectivity index (χ4v) is 1.78. The van der Waals surface area contributed by atoms with Gasteiger partial charge in [-0.2, -0.15) is 13.2 Å². The van der Waals surface area contributed by atoms with Crippen molar-refractivity contribution in [3.05, 3.63) is 29.3 Å². The first-order chi connectivity index (χ1) is 9.60. The Morgan fingerprint density at radius 3 is 2.19 bits per heavy atom. The van der Waals surface area contributed by atoms with Crippen molar-refractivity contribution in [3.63, 3.8) is 0 Å². The molecule has 0 atom stereocenters. The number of aryl methyl sites for hydroxylation is 2. The number of benzene rings is 1. The molecular weight excluding hydrogens is 289 g/mol. The average molecular weight is 304 g/mol. The number of carboxylic acid groups (broad SMARTS) is 1. The fraction of sp³-hybridized carbons (Fsp3) is 0.385. The lowest BCUT2D eigenvalue weighted by Gasteiger charge is -2.23. The minimum atomic E-state index is -4.67. The zero-order valence-electron chi connectivity index (χ0n) is 11.5. The van der Waals surface area contributed by atoms with Crippen LogP contribution in [0.25, 0.3) is 0 Å². The molecule has 1 aromatic carbocycles. The molecular formula is C13H15F3N2O3. The van der Waals surface area contributed by atoms with Crippen molar-refractivity contribution in [2.24, 2.45) is 0 Å². The highest BCUT2D eigenvalue weighted by Crippen LogP contribution is 2.21. The molecule has 8 heteroatoms. The van der Waals surface area contributed by atoms with Crippen molar-refractivity contribution in [2.75, 3.05) is 18.4 Å². The minimum absolute atomic E-state index is 0.203. The number of carbonyl (C=O) groups excluding carboxylic acids is 1. The van der Waals surface area contributed by atoms with Crippen molar-refractivity contribution < 1.29 is 27.9 Å². The SMILES string of the molecule is Cc1cccc(C)c1NC(=O)N(CC(=O)O)CC(F)(F)F. The van der Waals surface area contributed by atoms with Crippen LogP contribution in [0.3, 0.4) is 0 Å². The summed E-state index contributed by atoms with van der Waals surface area (Å²) in [6.07, 6.45) is -4.67. The number of carboxylic acids is 1. The van der Waals surface area contributed by atoms with E-state index < -0.39 is 31.3 Å². The van der Waals surface area contributed by atoms with Crippen molar-refractivity contribution in [3.8, 4) is 0 Å². The maximum atomic E-state index is 12.4. The first kappa shape index (κ1) is 16.8. The van der Waals surface area contributed by atoms with E-state index in [1.165, 1.54) is 0 Å². The minimum Gasteiger partial charge on any atom is -0.480 e. The Balaban J connectivity index is 2.93. The summed E-state index contributed by atoms with van der Waals surface area (Å²) in [6.45, 7) is 0.716. The van der Waals surface area contributed by atoms with Crippen LogP contribution in [0.1, 0.15) is 11.1 Å². The molecule has 0 heterocycles. The lowest BCUT2D eigenvalue weighted by atomic mass is 10.1. The molecule has 0 saturated heterocycles. The van der Waals surface area contributed by atoms with Crippen LogP contribution in [-0.4, -0.2) is 41.3 Å². The first-order valence-electron chi connectivity index (χ1n) is 6.01. The normalized spacial score (nSPS) is 11.1. The number of nitrogens with zero attached hydrogens (tertiary/aromatic N) is 1. The molecule has 0 spiro atoms. The van der Waals surface area contributed by atoms with Crippen LogP contribution < -0.4 is 5.32 Å². The number of alkyl halides is 3. The highest BCUT2D eigenvalue weighted by atomic mass is 19.4. The molecule has 1 aromatic rings. The van der Waals surface area contributed by atoms with Gasteiger partial charge in [-0.25, -0.2) is 4.79 Å². The van der Waals surface area contributed by atoms with E-state index in [4.69, 9.17) is 5.11 Å². The lowest BCUT2D eigenvalue weighted by Crippen LogP contribution is -2.44. The average Bonchev–Trinajstić information content (AvgIpc) is 2.30. The summed E-state index contributed by atoms with van der Waals surface area (Å²) in [7, 11) is 0. The fourth-order valence-electron chi connectivity index (χ4n) is 1.78. The Hall–Kier alpha value is -2.25. The molecule has 0 aromatic heterocycles. The van der Waals surface area contributed by atoms with Gasteiger partial charge in [0, 0.05) is 5.69 Å². The largest absolute Gasteiger partial charge is 0.480 e. The third-order valence-corrected chi connectivity index (χ3v) is 2.70. The van der Waals surface area contributed by atoms with Crippen molar-refractivity contribution in [1.29, 1.82) is 0 Å². The Morgan fingerprint density at radius 2 is 1.76 bits per heavy atom. The van der Waals surface area contributed by atoms with Gasteiger partial charge in [-0.1, -0.05) is 18.2 Å². The number of amides is 2. The Morgan fingerprint density at radius 1 is 1.24 bits per heavy atom. The maximum Gasteiger partial charge on any atom is 0.406 e. The summed E-state index contributed by atoms with van der Waals surface area (Å²) in [5, 5.41) is 10.9. The van der Waals surface area contributed by atoms with Gasteiger partial charge in [0.25, 0.3) is 0 Å². The summed E-state index contributed by atoms with van der Waals surface area (Å²) in [6, 6.07) is 4.01. The highest BCUT2D eigenvalue weighted by Gasteiger charge is 2.34. The van der Waals surface area contributed by atoms with Crippen molar-refractivity contribution in [2.45, 2.75) is 20.0 Å². The van der Waals surface area contributed by atoms with E-state index in [0.717, 1.165) is 0 Å². The molecule has 1 rings (SSSR count). The number of para-hydroxylation sites is 1. The summed E-state index contributed by atoms with van der Waals surface area (Å²) in [5.41, 5.74) is 1.72. The molecule has 0 radical (unpaired) electrons. The summed E-state index contributed by atoms with van der Waals surface area (Å²) < 4.78 is 37.2. The van der Waals surface area contributed by atoms with E-state index in [2.05, 4.69) is 5.32 Å². The molecule has 0 unspecified atom stereocenters. The Kier molecular flexibility index (Phi) is 5.17. The standard InChI is InChI=1S/C13H15F3N2O3/c1-8-4-3-5-9(2)11(8)17-12(21)18(6-10(19)20)7-13(14,15)16/h3-5H,6-7H2,1-2H3,(H,17,21)(H,19,20). The predicted molar refractivity (Wildman–Crippen MR) is 70.2 cm³/mol. The van der Waals surface area contributed by atoms with E-state index in [0.29, 0.717) is 16.8 Å². The van der Waals surface area contributed by atoms with E-state index in [-0.39, 0.29) is 4.90 Å². The van der Waals surface area contributed by atoms with Crippen LogP contribution in [0.2, 0.25) is 0 Å². The quantitative estimate of drug-likeness (QED) is 0.898. The number of hydrogen-bond donors (Lipinski definition) is 2. The van der Waals surface area contributed by atoms with Gasteiger partial charge in [-0.05, 0) is 25.0 Å². The molecule has 2 N–H and O–H groups in total. The maximum absolute atomic E-state index is 12.4. The number of halogens is 3. The zero-order chi connectivity index (χ0) is 16.2. The number of urea groups is 1. The molecule has 2 amide bonds. The van der Waals surface area contributed by atoms with E-state index in [9.17, 15) is 22.8 Å². The third-order valence-electron chi connectivity index (χ3n) is 2.70. The van der Waals surface area contributed by atoms with E-state index in [1.807, 2.05) is 0 Å². The molecule has 0 aliphatic carbocycles. The molecule has 0 saturated carbocycles. The van der Waals surface area contributed by atoms with E-state index >= 15 is 0 Å². The molecule has 21 heavy (non-hydrogen) atoms. The number of hydrogen-bond acceptors (Lipinski definition) is 2. The van der Waals surface area contributed by atoms with Gasteiger partial charge in [0.05, 0.1) is 0 Å². The summed E-state index contributed by atoms with van der Waals surface area (Å²) >= 11 is 0. The van der Waals surface area contributed by atoms with Gasteiger partial charge in [0.15, 0.2) is 0 Å². The molecule has 0 bridgehead atoms. The number of aliphatic carboxylic acids is 1. The summed E-state index contributed by atoms with van der Waals surface area (Å²) in [5.74, 6) is -1.52. The lowest BCUT2D eigenvalue weighted by molar-refractivity contribution is -0.148. The van der Waals surface area contributed by atoms with Crippen LogP contribution in [-0.2, 0) is 4.79 Å².